The van der Waals surface area contributed by atoms with Crippen LogP contribution in [0.4, 0.5) is 0 Å². The fourth-order valence-electron chi connectivity index (χ4n) is 4.42. The average Bonchev–Trinajstić information content (AvgIpc) is 2.77. The summed E-state index contributed by atoms with van der Waals surface area (Å²) in [6, 6.07) is 34.6. The highest BCUT2D eigenvalue weighted by atomic mass is 31.0. The summed E-state index contributed by atoms with van der Waals surface area (Å²) in [5.74, 6) is 0. The molecule has 1 atom stereocenters. The van der Waals surface area contributed by atoms with E-state index in [0.29, 0.717) is 0 Å². The van der Waals surface area contributed by atoms with Gasteiger partial charge in [0.2, 0.25) is 0 Å². The Hall–Kier alpha value is -3.28. The van der Waals surface area contributed by atoms with Crippen molar-refractivity contribution in [2.24, 2.45) is 0 Å². The highest BCUT2D eigenvalue weighted by Gasteiger charge is 2.15. The van der Waals surface area contributed by atoms with Crippen molar-refractivity contribution in [1.29, 1.82) is 0 Å². The van der Waals surface area contributed by atoms with Crippen LogP contribution in [0.5, 0.6) is 0 Å². The molecule has 0 amide bonds. The number of benzene rings is 5. The SMILES string of the molecule is Pc1cccc(-c2c3ccc4ccccc4c3nc3c2ccc2ccccc23)c1. The Labute approximate surface area is 171 Å². The molecule has 0 N–H and O–H groups in total. The molecule has 0 fully saturated rings. The van der Waals surface area contributed by atoms with Crippen molar-refractivity contribution in [2.75, 3.05) is 0 Å². The van der Waals surface area contributed by atoms with Crippen molar-refractivity contribution in [3.8, 4) is 11.1 Å². The summed E-state index contributed by atoms with van der Waals surface area (Å²) in [5.41, 5.74) is 4.61. The van der Waals surface area contributed by atoms with Crippen molar-refractivity contribution in [1.82, 2.24) is 4.98 Å². The predicted molar refractivity (Wildman–Crippen MR) is 129 cm³/mol. The monoisotopic (exact) mass is 387 g/mol. The molecular weight excluding hydrogens is 369 g/mol. The Morgan fingerprint density at radius 2 is 1.10 bits per heavy atom. The number of pyridine rings is 1. The summed E-state index contributed by atoms with van der Waals surface area (Å²) in [7, 11) is 2.82. The van der Waals surface area contributed by atoms with Gasteiger partial charge in [0.05, 0.1) is 11.0 Å². The number of aromatic nitrogens is 1. The van der Waals surface area contributed by atoms with E-state index >= 15 is 0 Å². The lowest BCUT2D eigenvalue weighted by molar-refractivity contribution is 1.53. The Morgan fingerprint density at radius 1 is 0.517 bits per heavy atom. The van der Waals surface area contributed by atoms with Gasteiger partial charge in [0.25, 0.3) is 0 Å². The summed E-state index contributed by atoms with van der Waals surface area (Å²) in [5, 5.41) is 8.41. The molecule has 0 aliphatic rings. The van der Waals surface area contributed by atoms with Crippen LogP contribution >= 0.6 is 9.24 Å². The summed E-state index contributed by atoms with van der Waals surface area (Å²) in [6.45, 7) is 0. The third kappa shape index (κ3) is 2.55. The van der Waals surface area contributed by atoms with Crippen LogP contribution in [0.25, 0.3) is 54.5 Å². The van der Waals surface area contributed by atoms with Crippen LogP contribution in [0, 0.1) is 0 Å². The Kier molecular flexibility index (Phi) is 3.66. The van der Waals surface area contributed by atoms with Crippen LogP contribution in [0.15, 0.2) is 97.1 Å². The zero-order chi connectivity index (χ0) is 19.4. The van der Waals surface area contributed by atoms with Gasteiger partial charge in [-0.3, -0.25) is 0 Å². The van der Waals surface area contributed by atoms with Crippen molar-refractivity contribution in [2.45, 2.75) is 0 Å². The quantitative estimate of drug-likeness (QED) is 0.171. The molecule has 2 heteroatoms. The lowest BCUT2D eigenvalue weighted by Gasteiger charge is -2.15. The summed E-state index contributed by atoms with van der Waals surface area (Å²) in [4.78, 5) is 5.24. The lowest BCUT2D eigenvalue weighted by Crippen LogP contribution is -1.94. The predicted octanol–water partition coefficient (Wildman–Crippen LogP) is 6.86. The maximum Gasteiger partial charge on any atom is 0.0794 e. The minimum Gasteiger partial charge on any atom is -0.246 e. The van der Waals surface area contributed by atoms with Crippen LogP contribution in [-0.2, 0) is 0 Å². The summed E-state index contributed by atoms with van der Waals surface area (Å²) in [6.07, 6.45) is 0. The summed E-state index contributed by atoms with van der Waals surface area (Å²) >= 11 is 0. The lowest BCUT2D eigenvalue weighted by atomic mass is 9.92. The fraction of sp³-hybridized carbons (Fsp3) is 0. The number of nitrogens with zero attached hydrogens (tertiary/aromatic N) is 1. The summed E-state index contributed by atoms with van der Waals surface area (Å²) < 4.78 is 0. The molecule has 6 rings (SSSR count). The minimum absolute atomic E-state index is 1.07. The first-order chi connectivity index (χ1) is 14.3. The van der Waals surface area contributed by atoms with E-state index in [9.17, 15) is 0 Å². The van der Waals surface area contributed by atoms with Gasteiger partial charge in [-0.05, 0) is 27.7 Å². The van der Waals surface area contributed by atoms with Crippen LogP contribution < -0.4 is 5.30 Å². The zero-order valence-electron chi connectivity index (χ0n) is 15.8. The highest BCUT2D eigenvalue weighted by Crippen LogP contribution is 2.39. The first-order valence-corrected chi connectivity index (χ1v) is 10.4. The number of hydrogen-bond acceptors (Lipinski definition) is 1. The van der Waals surface area contributed by atoms with E-state index in [2.05, 4.69) is 106 Å². The molecule has 0 aliphatic carbocycles. The topological polar surface area (TPSA) is 12.9 Å². The van der Waals surface area contributed by atoms with Gasteiger partial charge in [-0.1, -0.05) is 91.0 Å². The van der Waals surface area contributed by atoms with Crippen molar-refractivity contribution in [3.63, 3.8) is 0 Å². The molecule has 136 valence electrons. The molecule has 1 aromatic heterocycles. The molecule has 29 heavy (non-hydrogen) atoms. The number of hydrogen-bond donors (Lipinski definition) is 0. The molecule has 5 aromatic carbocycles. The molecule has 0 saturated heterocycles. The minimum atomic E-state index is 1.07. The second kappa shape index (κ2) is 6.37. The molecule has 0 radical (unpaired) electrons. The van der Waals surface area contributed by atoms with E-state index in [-0.39, 0.29) is 0 Å². The van der Waals surface area contributed by atoms with E-state index in [1.165, 1.54) is 48.7 Å². The number of fused-ring (bicyclic) bond motifs is 6. The third-order valence-electron chi connectivity index (χ3n) is 5.74. The van der Waals surface area contributed by atoms with Crippen molar-refractivity contribution in [3.05, 3.63) is 97.1 Å². The molecule has 1 nitrogen and oxygen atoms in total. The van der Waals surface area contributed by atoms with Gasteiger partial charge >= 0.3 is 0 Å². The van der Waals surface area contributed by atoms with Crippen molar-refractivity contribution < 1.29 is 0 Å². The molecule has 0 bridgehead atoms. The molecule has 6 aromatic rings. The molecule has 0 spiro atoms. The van der Waals surface area contributed by atoms with Gasteiger partial charge in [-0.15, -0.1) is 9.24 Å². The second-order valence-electron chi connectivity index (χ2n) is 7.48. The van der Waals surface area contributed by atoms with Crippen LogP contribution in [0.2, 0.25) is 0 Å². The second-order valence-corrected chi connectivity index (χ2v) is 8.14. The van der Waals surface area contributed by atoms with Gasteiger partial charge in [-0.25, -0.2) is 4.98 Å². The van der Waals surface area contributed by atoms with E-state index in [1.54, 1.807) is 0 Å². The average molecular weight is 387 g/mol. The smallest absolute Gasteiger partial charge is 0.0794 e. The van der Waals surface area contributed by atoms with Crippen LogP contribution in [-0.4, -0.2) is 4.98 Å². The van der Waals surface area contributed by atoms with Crippen LogP contribution in [0.1, 0.15) is 0 Å². The molecule has 1 unspecified atom stereocenters. The largest absolute Gasteiger partial charge is 0.246 e. The fourth-order valence-corrected chi connectivity index (χ4v) is 4.71. The van der Waals surface area contributed by atoms with E-state index in [0.717, 1.165) is 11.0 Å². The normalized spacial score (nSPS) is 11.6. The van der Waals surface area contributed by atoms with E-state index in [1.807, 2.05) is 0 Å². The zero-order valence-corrected chi connectivity index (χ0v) is 16.9. The first-order valence-electron chi connectivity index (χ1n) is 9.78. The van der Waals surface area contributed by atoms with E-state index < -0.39 is 0 Å². The van der Waals surface area contributed by atoms with Gasteiger partial charge in [0, 0.05) is 27.1 Å². The van der Waals surface area contributed by atoms with Gasteiger partial charge in [0.1, 0.15) is 0 Å². The molecule has 0 aliphatic heterocycles. The van der Waals surface area contributed by atoms with Gasteiger partial charge < -0.3 is 0 Å². The maximum absolute atomic E-state index is 5.24. The molecule has 1 heterocycles. The maximum atomic E-state index is 5.24. The Balaban J connectivity index is 1.91. The standard InChI is InChI=1S/C27H18NP/c29-20-9-5-8-19(16-20)25-23-14-12-17-6-1-3-10-21(17)26(23)28-27-22-11-4-2-7-18(22)13-15-24(25)27/h1-16H,29H2. The van der Waals surface area contributed by atoms with Crippen molar-refractivity contribution >= 4 is 57.9 Å². The number of rotatable bonds is 1. The molecular formula is C27H18NP. The van der Waals surface area contributed by atoms with Gasteiger partial charge in [0.15, 0.2) is 0 Å². The Bertz CT molecular complexity index is 1470. The van der Waals surface area contributed by atoms with Crippen LogP contribution in [0.3, 0.4) is 0 Å². The highest BCUT2D eigenvalue weighted by molar-refractivity contribution is 7.27. The molecule has 0 saturated carbocycles. The Morgan fingerprint density at radius 3 is 1.69 bits per heavy atom. The van der Waals surface area contributed by atoms with Gasteiger partial charge in [-0.2, -0.15) is 0 Å². The van der Waals surface area contributed by atoms with E-state index in [4.69, 9.17) is 4.98 Å². The first kappa shape index (κ1) is 16.7. The third-order valence-corrected chi connectivity index (χ3v) is 6.10.